The van der Waals surface area contributed by atoms with Crippen LogP contribution in [0.1, 0.15) is 5.69 Å². The molecule has 0 aliphatic carbocycles. The van der Waals surface area contributed by atoms with Crippen molar-refractivity contribution >= 4 is 59.1 Å². The molecule has 188 valence electrons. The van der Waals surface area contributed by atoms with E-state index in [0.29, 0.717) is 69.9 Å². The molecule has 0 bridgehead atoms. The molecule has 0 N–H and O–H groups in total. The van der Waals surface area contributed by atoms with Gasteiger partial charge in [0.25, 0.3) is 5.19 Å². The van der Waals surface area contributed by atoms with Crippen molar-refractivity contribution in [1.82, 2.24) is 19.6 Å². The molecule has 1 aromatic carbocycles. The second-order valence-electron chi connectivity index (χ2n) is 8.34. The Labute approximate surface area is 215 Å². The zero-order valence-electron chi connectivity index (χ0n) is 19.6. The Morgan fingerprint density at radius 2 is 2.00 bits per heavy atom. The standard InChI is InChI=1S/C23H23N5O5S3/c1-30-15-8-18(32-12-14-13-34-21(24-14)27-4-6-36(3,29)7-5-27)16-10-20(33-19(16)9-15)17-11-28-22(25-17)35-23(26-28)31-2/h8-11,13H,3-7,12H2,1-2H3. The Bertz CT molecular complexity index is 1620. The van der Waals surface area contributed by atoms with E-state index in [2.05, 4.69) is 20.9 Å². The number of imidazole rings is 1. The Kier molecular flexibility index (Phi) is 5.77. The molecule has 0 atom stereocenters. The zero-order chi connectivity index (χ0) is 24.9. The van der Waals surface area contributed by atoms with E-state index in [1.54, 1.807) is 36.3 Å². The Balaban J connectivity index is 1.24. The lowest BCUT2D eigenvalue weighted by molar-refractivity contribution is 0.303. The van der Waals surface area contributed by atoms with Gasteiger partial charge in [0.2, 0.25) is 4.96 Å². The number of thiazole rings is 1. The first-order chi connectivity index (χ1) is 17.4. The van der Waals surface area contributed by atoms with E-state index in [9.17, 15) is 4.21 Å². The summed E-state index contributed by atoms with van der Waals surface area (Å²) in [5.41, 5.74) is 2.12. The molecule has 6 rings (SSSR count). The van der Waals surface area contributed by atoms with Gasteiger partial charge < -0.3 is 23.5 Å². The molecule has 13 heteroatoms. The van der Waals surface area contributed by atoms with Crippen LogP contribution >= 0.6 is 22.7 Å². The number of rotatable bonds is 7. The molecule has 1 aliphatic heterocycles. The van der Waals surface area contributed by atoms with Crippen molar-refractivity contribution in [3.05, 3.63) is 35.5 Å². The molecule has 0 amide bonds. The zero-order valence-corrected chi connectivity index (χ0v) is 22.1. The van der Waals surface area contributed by atoms with Gasteiger partial charge in [-0.15, -0.1) is 16.4 Å². The van der Waals surface area contributed by atoms with Gasteiger partial charge in [0.05, 0.1) is 31.5 Å². The third-order valence-corrected chi connectivity index (χ3v) is 9.60. The molecular formula is C23H23N5O5S3. The number of benzene rings is 1. The fourth-order valence-electron chi connectivity index (χ4n) is 3.95. The van der Waals surface area contributed by atoms with E-state index < -0.39 is 9.52 Å². The first-order valence-electron chi connectivity index (χ1n) is 11.1. The molecule has 1 aliphatic rings. The van der Waals surface area contributed by atoms with Gasteiger partial charge in [-0.2, -0.15) is 0 Å². The van der Waals surface area contributed by atoms with Crippen LogP contribution in [-0.4, -0.2) is 68.5 Å². The predicted molar refractivity (Wildman–Crippen MR) is 143 cm³/mol. The highest BCUT2D eigenvalue weighted by Crippen LogP contribution is 2.37. The maximum Gasteiger partial charge on any atom is 0.294 e. The van der Waals surface area contributed by atoms with Gasteiger partial charge in [-0.25, -0.2) is 14.5 Å². The largest absolute Gasteiger partial charge is 0.496 e. The Morgan fingerprint density at radius 1 is 1.17 bits per heavy atom. The molecule has 1 fully saturated rings. The van der Waals surface area contributed by atoms with E-state index in [1.165, 1.54) is 11.3 Å². The second kappa shape index (κ2) is 8.98. The summed E-state index contributed by atoms with van der Waals surface area (Å²) in [4.78, 5) is 12.2. The number of nitrogens with zero attached hydrogens (tertiary/aromatic N) is 5. The molecule has 10 nitrogen and oxygen atoms in total. The third-order valence-electron chi connectivity index (χ3n) is 5.91. The Morgan fingerprint density at radius 3 is 2.75 bits per heavy atom. The average molecular weight is 546 g/mol. The number of furan rings is 1. The molecule has 5 heterocycles. The normalized spacial score (nSPS) is 15.6. The number of fused-ring (bicyclic) bond motifs is 2. The molecule has 36 heavy (non-hydrogen) atoms. The number of hydrogen-bond donors (Lipinski definition) is 0. The molecule has 4 aromatic heterocycles. The highest BCUT2D eigenvalue weighted by molar-refractivity contribution is 8.00. The molecule has 0 saturated carbocycles. The van der Waals surface area contributed by atoms with Crippen LogP contribution in [0.25, 0.3) is 27.4 Å². The smallest absolute Gasteiger partial charge is 0.294 e. The average Bonchev–Trinajstić information content (AvgIpc) is 3.64. The topological polar surface area (TPSA) is 104 Å². The van der Waals surface area contributed by atoms with Crippen molar-refractivity contribution < 1.29 is 22.8 Å². The molecule has 0 spiro atoms. The van der Waals surface area contributed by atoms with Crippen LogP contribution in [0.2, 0.25) is 0 Å². The number of aromatic nitrogens is 4. The molecule has 1 saturated heterocycles. The fraction of sp³-hybridized carbons (Fsp3) is 0.304. The molecule has 0 unspecified atom stereocenters. The van der Waals surface area contributed by atoms with Crippen LogP contribution in [-0.2, 0) is 16.1 Å². The van der Waals surface area contributed by atoms with Gasteiger partial charge in [0, 0.05) is 42.1 Å². The minimum Gasteiger partial charge on any atom is -0.496 e. The number of methoxy groups -OCH3 is 2. The van der Waals surface area contributed by atoms with E-state index >= 15 is 0 Å². The van der Waals surface area contributed by atoms with E-state index in [-0.39, 0.29) is 0 Å². The van der Waals surface area contributed by atoms with Crippen molar-refractivity contribution in [2.45, 2.75) is 6.61 Å². The van der Waals surface area contributed by atoms with Gasteiger partial charge in [-0.3, -0.25) is 4.21 Å². The quantitative estimate of drug-likeness (QED) is 0.283. The monoisotopic (exact) mass is 545 g/mol. The summed E-state index contributed by atoms with van der Waals surface area (Å²) >= 11 is 2.92. The third kappa shape index (κ3) is 4.38. The van der Waals surface area contributed by atoms with Crippen molar-refractivity contribution in [2.24, 2.45) is 0 Å². The van der Waals surface area contributed by atoms with E-state index in [1.807, 2.05) is 23.6 Å². The van der Waals surface area contributed by atoms with Crippen LogP contribution in [0.5, 0.6) is 16.7 Å². The lowest BCUT2D eigenvalue weighted by Gasteiger charge is -2.28. The van der Waals surface area contributed by atoms with Crippen LogP contribution in [0.4, 0.5) is 5.13 Å². The van der Waals surface area contributed by atoms with Crippen LogP contribution in [0.15, 0.2) is 34.2 Å². The van der Waals surface area contributed by atoms with Gasteiger partial charge in [0.15, 0.2) is 10.9 Å². The van der Waals surface area contributed by atoms with E-state index in [0.717, 1.165) is 16.2 Å². The summed E-state index contributed by atoms with van der Waals surface area (Å²) in [6.45, 7) is 1.71. The number of ether oxygens (including phenoxy) is 3. The predicted octanol–water partition coefficient (Wildman–Crippen LogP) is 3.79. The first kappa shape index (κ1) is 23.1. The molecular weight excluding hydrogens is 522 g/mol. The lowest BCUT2D eigenvalue weighted by Crippen LogP contribution is -2.40. The highest BCUT2D eigenvalue weighted by atomic mass is 32.2. The number of hydrogen-bond acceptors (Lipinski definition) is 11. The molecule has 5 aromatic rings. The van der Waals surface area contributed by atoms with Gasteiger partial charge in [-0.1, -0.05) is 0 Å². The summed E-state index contributed by atoms with van der Waals surface area (Å²) in [6.07, 6.45) is 1.80. The van der Waals surface area contributed by atoms with Crippen LogP contribution in [0.3, 0.4) is 0 Å². The lowest BCUT2D eigenvalue weighted by atomic mass is 10.2. The van der Waals surface area contributed by atoms with Crippen molar-refractivity contribution in [2.75, 3.05) is 43.7 Å². The summed E-state index contributed by atoms with van der Waals surface area (Å²) in [7, 11) is 1.24. The van der Waals surface area contributed by atoms with Gasteiger partial charge in [0.1, 0.15) is 29.4 Å². The van der Waals surface area contributed by atoms with Gasteiger partial charge >= 0.3 is 0 Å². The SMILES string of the molecule is C=S1(=O)CCN(c2nc(COc3cc(OC)cc4oc(-c5cn6nc(OC)sc6n5)cc34)cs2)CC1. The fourth-order valence-corrected chi connectivity index (χ4v) is 6.82. The summed E-state index contributed by atoms with van der Waals surface area (Å²) in [5.74, 6) is 6.89. The van der Waals surface area contributed by atoms with Crippen molar-refractivity contribution in [3.8, 4) is 28.1 Å². The summed E-state index contributed by atoms with van der Waals surface area (Å²) in [5, 5.41) is 8.57. The summed E-state index contributed by atoms with van der Waals surface area (Å²) < 4.78 is 36.7. The van der Waals surface area contributed by atoms with Crippen LogP contribution in [0, 0.1) is 0 Å². The molecule has 0 radical (unpaired) electrons. The number of anilines is 1. The minimum absolute atomic E-state index is 0.295. The van der Waals surface area contributed by atoms with E-state index in [4.69, 9.17) is 23.6 Å². The maximum atomic E-state index is 12.2. The van der Waals surface area contributed by atoms with Crippen LogP contribution < -0.4 is 19.1 Å². The van der Waals surface area contributed by atoms with Crippen molar-refractivity contribution in [3.63, 3.8) is 0 Å². The van der Waals surface area contributed by atoms with Gasteiger partial charge in [-0.05, 0) is 32.8 Å². The highest BCUT2D eigenvalue weighted by Gasteiger charge is 2.21. The Hall–Kier alpha value is -3.29. The maximum absolute atomic E-state index is 12.2. The second-order valence-corrected chi connectivity index (χ2v) is 12.8. The summed E-state index contributed by atoms with van der Waals surface area (Å²) in [6, 6.07) is 5.57. The van der Waals surface area contributed by atoms with Crippen molar-refractivity contribution in [1.29, 1.82) is 0 Å². The first-order valence-corrected chi connectivity index (χ1v) is 14.8. The minimum atomic E-state index is -1.94.